The van der Waals surface area contributed by atoms with Crippen LogP contribution >= 0.6 is 38.5 Å². The largest absolute Gasteiger partial charge is 0.309 e. The van der Waals surface area contributed by atoms with Crippen LogP contribution in [0.2, 0.25) is 0 Å². The van der Waals surface area contributed by atoms with E-state index in [1.807, 2.05) is 7.05 Å². The molecule has 0 fully saturated rings. The molecule has 0 radical (unpaired) electrons. The van der Waals surface area contributed by atoms with Crippen LogP contribution in [-0.2, 0) is 0 Å². The first-order chi connectivity index (χ1) is 10.1. The smallest absolute Gasteiger partial charge is 0.0585 e. The molecule has 0 aliphatic rings. The zero-order valence-electron chi connectivity index (χ0n) is 12.7. The predicted octanol–water partition coefficient (Wildman–Crippen LogP) is 5.88. The van der Waals surface area contributed by atoms with E-state index in [4.69, 9.17) is 0 Å². The fourth-order valence-corrected chi connectivity index (χ4v) is 3.48. The third-order valence-electron chi connectivity index (χ3n) is 4.01. The molecule has 0 aliphatic heterocycles. The van der Waals surface area contributed by atoms with Gasteiger partial charge in [0.15, 0.2) is 0 Å². The van der Waals surface area contributed by atoms with Gasteiger partial charge in [0.05, 0.1) is 6.04 Å². The van der Waals surface area contributed by atoms with Gasteiger partial charge in [-0.25, -0.2) is 0 Å². The second-order valence-electron chi connectivity index (χ2n) is 5.36. The Bertz CT molecular complexity index is 595. The Kier molecular flexibility index (Phi) is 6.26. The van der Waals surface area contributed by atoms with Crippen LogP contribution in [0.5, 0.6) is 0 Å². The van der Waals surface area contributed by atoms with Crippen molar-refractivity contribution in [2.45, 2.75) is 32.2 Å². The van der Waals surface area contributed by atoms with Crippen molar-refractivity contribution in [1.29, 1.82) is 0 Å². The number of rotatable bonds is 5. The standard InChI is InChI=1S/C18H21BrIN/c1-4-12(2)13-5-7-14(8-6-13)18(21-3)16-11-15(20)9-10-17(16)19/h5-12,18,21H,4H2,1-3H3. The Hall–Kier alpha value is -0.390. The van der Waals surface area contributed by atoms with Crippen LogP contribution in [0.4, 0.5) is 0 Å². The van der Waals surface area contributed by atoms with Gasteiger partial charge in [0.2, 0.25) is 0 Å². The lowest BCUT2D eigenvalue weighted by molar-refractivity contribution is 0.685. The van der Waals surface area contributed by atoms with Crippen molar-refractivity contribution >= 4 is 38.5 Å². The summed E-state index contributed by atoms with van der Waals surface area (Å²) in [6, 6.07) is 15.7. The van der Waals surface area contributed by atoms with Crippen LogP contribution in [0.1, 0.15) is 48.9 Å². The van der Waals surface area contributed by atoms with E-state index in [9.17, 15) is 0 Å². The normalized spacial score (nSPS) is 14.0. The first-order valence-corrected chi connectivity index (χ1v) is 9.16. The van der Waals surface area contributed by atoms with E-state index >= 15 is 0 Å². The predicted molar refractivity (Wildman–Crippen MR) is 103 cm³/mol. The van der Waals surface area contributed by atoms with Crippen LogP contribution < -0.4 is 5.32 Å². The minimum absolute atomic E-state index is 0.208. The van der Waals surface area contributed by atoms with Gasteiger partial charge in [-0.2, -0.15) is 0 Å². The molecule has 2 atom stereocenters. The van der Waals surface area contributed by atoms with Gasteiger partial charge in [0, 0.05) is 8.04 Å². The maximum atomic E-state index is 3.67. The first kappa shape index (κ1) is 17.0. The molecule has 0 heterocycles. The summed E-state index contributed by atoms with van der Waals surface area (Å²) in [6.45, 7) is 4.51. The highest BCUT2D eigenvalue weighted by molar-refractivity contribution is 14.1. The molecule has 2 aromatic carbocycles. The highest BCUT2D eigenvalue weighted by Gasteiger charge is 2.15. The Labute approximate surface area is 149 Å². The van der Waals surface area contributed by atoms with Gasteiger partial charge in [-0.1, -0.05) is 54.0 Å². The molecule has 0 bridgehead atoms. The van der Waals surface area contributed by atoms with Gasteiger partial charge >= 0.3 is 0 Å². The minimum Gasteiger partial charge on any atom is -0.309 e. The molecule has 0 aromatic heterocycles. The molecule has 0 saturated carbocycles. The van der Waals surface area contributed by atoms with Crippen LogP contribution in [-0.4, -0.2) is 7.05 Å². The number of benzene rings is 2. The topological polar surface area (TPSA) is 12.0 Å². The van der Waals surface area contributed by atoms with Gasteiger partial charge in [0.25, 0.3) is 0 Å². The summed E-state index contributed by atoms with van der Waals surface area (Å²) in [4.78, 5) is 0. The first-order valence-electron chi connectivity index (χ1n) is 7.28. The molecule has 2 rings (SSSR count). The number of nitrogens with one attached hydrogen (secondary N) is 1. The van der Waals surface area contributed by atoms with E-state index in [1.165, 1.54) is 26.7 Å². The zero-order chi connectivity index (χ0) is 15.4. The molecule has 21 heavy (non-hydrogen) atoms. The summed E-state index contributed by atoms with van der Waals surface area (Å²) in [5.74, 6) is 0.622. The van der Waals surface area contributed by atoms with Crippen LogP contribution in [0.25, 0.3) is 0 Å². The maximum Gasteiger partial charge on any atom is 0.0585 e. The lowest BCUT2D eigenvalue weighted by Crippen LogP contribution is -2.18. The molecule has 2 unspecified atom stereocenters. The minimum atomic E-state index is 0.208. The van der Waals surface area contributed by atoms with E-state index in [0.717, 1.165) is 4.47 Å². The lowest BCUT2D eigenvalue weighted by Gasteiger charge is -2.20. The summed E-state index contributed by atoms with van der Waals surface area (Å²) in [5.41, 5.74) is 3.99. The molecular formula is C18H21BrIN. The fourth-order valence-electron chi connectivity index (χ4n) is 2.49. The summed E-state index contributed by atoms with van der Waals surface area (Å²) in [6.07, 6.45) is 1.18. The van der Waals surface area contributed by atoms with E-state index in [1.54, 1.807) is 0 Å². The van der Waals surface area contributed by atoms with Crippen molar-refractivity contribution < 1.29 is 0 Å². The zero-order valence-corrected chi connectivity index (χ0v) is 16.4. The number of halogens is 2. The Morgan fingerprint density at radius 1 is 1.10 bits per heavy atom. The molecule has 0 aliphatic carbocycles. The average Bonchev–Trinajstić information content (AvgIpc) is 2.51. The molecule has 3 heteroatoms. The van der Waals surface area contributed by atoms with Crippen LogP contribution in [0, 0.1) is 3.57 Å². The van der Waals surface area contributed by atoms with Gasteiger partial charge in [-0.05, 0) is 76.9 Å². The quantitative estimate of drug-likeness (QED) is 0.553. The second-order valence-corrected chi connectivity index (χ2v) is 7.46. The highest BCUT2D eigenvalue weighted by atomic mass is 127. The van der Waals surface area contributed by atoms with E-state index in [2.05, 4.69) is 100 Å². The maximum absolute atomic E-state index is 3.67. The monoisotopic (exact) mass is 457 g/mol. The van der Waals surface area contributed by atoms with Gasteiger partial charge in [0.1, 0.15) is 0 Å². The Balaban J connectivity index is 2.35. The van der Waals surface area contributed by atoms with E-state index < -0.39 is 0 Å². The van der Waals surface area contributed by atoms with Crippen LogP contribution in [0.15, 0.2) is 46.9 Å². The van der Waals surface area contributed by atoms with Gasteiger partial charge in [-0.3, -0.25) is 0 Å². The summed E-state index contributed by atoms with van der Waals surface area (Å²) >= 11 is 6.04. The van der Waals surface area contributed by atoms with Crippen LogP contribution in [0.3, 0.4) is 0 Å². The summed E-state index contributed by atoms with van der Waals surface area (Å²) in [5, 5.41) is 3.43. The third kappa shape index (κ3) is 4.08. The molecule has 2 aromatic rings. The molecule has 0 saturated heterocycles. The second kappa shape index (κ2) is 7.75. The molecule has 1 nitrogen and oxygen atoms in total. The summed E-state index contributed by atoms with van der Waals surface area (Å²) in [7, 11) is 2.01. The van der Waals surface area contributed by atoms with Crippen molar-refractivity contribution in [2.75, 3.05) is 7.05 Å². The molecule has 0 spiro atoms. The van der Waals surface area contributed by atoms with Gasteiger partial charge in [-0.15, -0.1) is 0 Å². The molecule has 0 amide bonds. The van der Waals surface area contributed by atoms with Crippen molar-refractivity contribution in [1.82, 2.24) is 5.32 Å². The lowest BCUT2D eigenvalue weighted by atomic mass is 9.94. The van der Waals surface area contributed by atoms with Crippen molar-refractivity contribution in [3.05, 3.63) is 67.2 Å². The van der Waals surface area contributed by atoms with Crippen molar-refractivity contribution in [3.63, 3.8) is 0 Å². The third-order valence-corrected chi connectivity index (χ3v) is 5.40. The Morgan fingerprint density at radius 3 is 2.29 bits per heavy atom. The SMILES string of the molecule is CCC(C)c1ccc(C(NC)c2cc(I)ccc2Br)cc1. The van der Waals surface area contributed by atoms with Gasteiger partial charge < -0.3 is 5.32 Å². The molecular weight excluding hydrogens is 437 g/mol. The van der Waals surface area contributed by atoms with E-state index in [-0.39, 0.29) is 6.04 Å². The number of hydrogen-bond donors (Lipinski definition) is 1. The van der Waals surface area contributed by atoms with E-state index in [0.29, 0.717) is 5.92 Å². The molecule has 112 valence electrons. The fraction of sp³-hybridized carbons (Fsp3) is 0.333. The average molecular weight is 458 g/mol. The highest BCUT2D eigenvalue weighted by Crippen LogP contribution is 2.30. The van der Waals surface area contributed by atoms with Crippen molar-refractivity contribution in [3.8, 4) is 0 Å². The molecule has 1 N–H and O–H groups in total. The summed E-state index contributed by atoms with van der Waals surface area (Å²) < 4.78 is 2.40. The Morgan fingerprint density at radius 2 is 1.71 bits per heavy atom. The number of hydrogen-bond acceptors (Lipinski definition) is 1. The van der Waals surface area contributed by atoms with Crippen molar-refractivity contribution in [2.24, 2.45) is 0 Å².